The molecule has 4 N–H and O–H groups in total. The Morgan fingerprint density at radius 1 is 0.838 bits per heavy atom. The van der Waals surface area contributed by atoms with Gasteiger partial charge in [-0.05, 0) is 38.7 Å². The molecule has 0 unspecified atom stereocenters. The number of carboxylic acid groups (broad SMARTS) is 1. The first kappa shape index (κ1) is 25.7. The van der Waals surface area contributed by atoms with E-state index in [1.54, 1.807) is 0 Å². The average molecular weight is 501 g/mol. The summed E-state index contributed by atoms with van der Waals surface area (Å²) in [5.41, 5.74) is 1.64. The summed E-state index contributed by atoms with van der Waals surface area (Å²) in [7, 11) is 0. The van der Waals surface area contributed by atoms with E-state index in [-0.39, 0.29) is 26.0 Å². The number of aliphatic hydroxyl groups excluding tert-OH is 1. The molecule has 2 amide bonds. The normalized spacial score (nSPS) is 12.6. The van der Waals surface area contributed by atoms with Crippen molar-refractivity contribution in [2.24, 2.45) is 0 Å². The van der Waals surface area contributed by atoms with Crippen LogP contribution in [0.25, 0.3) is 21.5 Å². The number of carboxylic acids is 1. The Bertz CT molecular complexity index is 1350. The van der Waals surface area contributed by atoms with Gasteiger partial charge in [0.25, 0.3) is 0 Å². The molecular weight excluding hydrogens is 472 g/mol. The van der Waals surface area contributed by atoms with Gasteiger partial charge in [-0.1, -0.05) is 78.9 Å². The van der Waals surface area contributed by atoms with Crippen LogP contribution in [0.4, 0.5) is 4.79 Å². The highest BCUT2D eigenvalue weighted by Gasteiger charge is 2.24. The fourth-order valence-corrected chi connectivity index (χ4v) is 4.25. The van der Waals surface area contributed by atoms with Crippen molar-refractivity contribution in [3.05, 3.63) is 96.1 Å². The van der Waals surface area contributed by atoms with E-state index in [9.17, 15) is 24.6 Å². The van der Waals surface area contributed by atoms with Crippen molar-refractivity contribution in [1.82, 2.24) is 10.6 Å². The maximum Gasteiger partial charge on any atom is 0.407 e. The number of ether oxygens (including phenoxy) is 1. The standard InChI is InChI=1S/C29H28N2O6/c32-22(17-30-29(36)37-18-19-8-2-1-3-9-19)15-27(33)31-26(28(34)35)16-25-23-12-6-4-10-20(23)14-21-11-5-7-13-24(21)25/h1-14,22,26,32H,15-18H2,(H,30,36)(H,31,33)(H,34,35)/t22-,26-/m0/s1. The Morgan fingerprint density at radius 3 is 2.05 bits per heavy atom. The van der Waals surface area contributed by atoms with E-state index in [4.69, 9.17) is 4.74 Å². The number of alkyl carbamates (subject to hydrolysis) is 1. The predicted octanol–water partition coefficient (Wildman–Crippen LogP) is 3.78. The van der Waals surface area contributed by atoms with Crippen LogP contribution < -0.4 is 10.6 Å². The van der Waals surface area contributed by atoms with Crippen molar-refractivity contribution in [1.29, 1.82) is 0 Å². The molecule has 0 heterocycles. The smallest absolute Gasteiger partial charge is 0.407 e. The number of aliphatic carboxylic acids is 1. The molecule has 190 valence electrons. The SMILES string of the molecule is O=C(C[C@H](O)CNC(=O)OCc1ccccc1)N[C@@H](Cc1c2ccccc2cc2ccccc12)C(=O)O. The number of carbonyl (C=O) groups is 3. The fourth-order valence-electron chi connectivity index (χ4n) is 4.25. The van der Waals surface area contributed by atoms with Crippen LogP contribution in [0.2, 0.25) is 0 Å². The molecule has 8 nitrogen and oxygen atoms in total. The second-order valence-corrected chi connectivity index (χ2v) is 8.76. The molecule has 2 atom stereocenters. The zero-order valence-corrected chi connectivity index (χ0v) is 20.1. The summed E-state index contributed by atoms with van der Waals surface area (Å²) < 4.78 is 5.08. The number of carbonyl (C=O) groups excluding carboxylic acids is 2. The van der Waals surface area contributed by atoms with Crippen LogP contribution >= 0.6 is 0 Å². The minimum Gasteiger partial charge on any atom is -0.480 e. The number of nitrogens with one attached hydrogen (secondary N) is 2. The van der Waals surface area contributed by atoms with Crippen LogP contribution in [0.5, 0.6) is 0 Å². The summed E-state index contributed by atoms with van der Waals surface area (Å²) in [4.78, 5) is 36.5. The molecule has 37 heavy (non-hydrogen) atoms. The van der Waals surface area contributed by atoms with Gasteiger partial charge in [0.05, 0.1) is 12.5 Å². The summed E-state index contributed by atoms with van der Waals surface area (Å²) in [5, 5.41) is 28.8. The van der Waals surface area contributed by atoms with Crippen LogP contribution in [0, 0.1) is 0 Å². The van der Waals surface area contributed by atoms with Gasteiger partial charge in [-0.3, -0.25) is 4.79 Å². The van der Waals surface area contributed by atoms with E-state index in [0.717, 1.165) is 32.7 Å². The lowest BCUT2D eigenvalue weighted by atomic mass is 9.92. The van der Waals surface area contributed by atoms with Crippen molar-refractivity contribution < 1.29 is 29.3 Å². The van der Waals surface area contributed by atoms with E-state index in [2.05, 4.69) is 16.7 Å². The van der Waals surface area contributed by atoms with Crippen molar-refractivity contribution in [3.63, 3.8) is 0 Å². The Labute approximate surface area is 213 Å². The molecule has 0 bridgehead atoms. The monoisotopic (exact) mass is 500 g/mol. The maximum atomic E-state index is 12.6. The second-order valence-electron chi connectivity index (χ2n) is 8.76. The van der Waals surface area contributed by atoms with E-state index < -0.39 is 30.1 Å². The van der Waals surface area contributed by atoms with Crippen LogP contribution in [0.1, 0.15) is 17.5 Å². The third-order valence-corrected chi connectivity index (χ3v) is 6.04. The maximum absolute atomic E-state index is 12.6. The zero-order chi connectivity index (χ0) is 26.2. The summed E-state index contributed by atoms with van der Waals surface area (Å²) in [5.74, 6) is -1.81. The number of aliphatic hydroxyl groups is 1. The Morgan fingerprint density at radius 2 is 1.43 bits per heavy atom. The Hall–Kier alpha value is -4.43. The van der Waals surface area contributed by atoms with E-state index in [1.165, 1.54) is 0 Å². The van der Waals surface area contributed by atoms with Gasteiger partial charge in [0, 0.05) is 13.0 Å². The lowest BCUT2D eigenvalue weighted by Gasteiger charge is -2.19. The van der Waals surface area contributed by atoms with Gasteiger partial charge in [-0.15, -0.1) is 0 Å². The highest BCUT2D eigenvalue weighted by atomic mass is 16.5. The van der Waals surface area contributed by atoms with Crippen molar-refractivity contribution in [3.8, 4) is 0 Å². The Kier molecular flexibility index (Phi) is 8.33. The van der Waals surface area contributed by atoms with Crippen molar-refractivity contribution in [2.75, 3.05) is 6.54 Å². The van der Waals surface area contributed by atoms with Crippen LogP contribution in [0.3, 0.4) is 0 Å². The van der Waals surface area contributed by atoms with E-state index in [1.807, 2.05) is 78.9 Å². The zero-order valence-electron chi connectivity index (χ0n) is 20.1. The van der Waals surface area contributed by atoms with Gasteiger partial charge >= 0.3 is 12.1 Å². The van der Waals surface area contributed by atoms with Gasteiger partial charge in [-0.25, -0.2) is 9.59 Å². The van der Waals surface area contributed by atoms with Crippen LogP contribution in [-0.2, 0) is 27.4 Å². The van der Waals surface area contributed by atoms with Gasteiger partial charge in [0.2, 0.25) is 5.91 Å². The molecule has 4 aromatic carbocycles. The first-order valence-corrected chi connectivity index (χ1v) is 11.9. The molecule has 0 saturated heterocycles. The van der Waals surface area contributed by atoms with Crippen LogP contribution in [-0.4, -0.2) is 46.9 Å². The number of hydrogen-bond acceptors (Lipinski definition) is 5. The fraction of sp³-hybridized carbons (Fsp3) is 0.207. The molecule has 0 fully saturated rings. The molecule has 0 aliphatic carbocycles. The summed E-state index contributed by atoms with van der Waals surface area (Å²) >= 11 is 0. The number of fused-ring (bicyclic) bond motifs is 2. The number of rotatable bonds is 10. The number of amides is 2. The molecule has 0 aliphatic rings. The molecule has 4 rings (SSSR count). The van der Waals surface area contributed by atoms with Crippen LogP contribution in [0.15, 0.2) is 84.9 Å². The van der Waals surface area contributed by atoms with E-state index in [0.29, 0.717) is 0 Å². The molecule has 0 radical (unpaired) electrons. The topological polar surface area (TPSA) is 125 Å². The minimum atomic E-state index is -1.21. The molecular formula is C29H28N2O6. The first-order valence-electron chi connectivity index (χ1n) is 11.9. The third kappa shape index (κ3) is 6.83. The molecule has 4 aromatic rings. The quantitative estimate of drug-likeness (QED) is 0.246. The van der Waals surface area contributed by atoms with Gasteiger partial charge in [-0.2, -0.15) is 0 Å². The van der Waals surface area contributed by atoms with Crippen molar-refractivity contribution >= 4 is 39.5 Å². The van der Waals surface area contributed by atoms with Crippen molar-refractivity contribution in [2.45, 2.75) is 31.6 Å². The lowest BCUT2D eigenvalue weighted by Crippen LogP contribution is -2.44. The summed E-state index contributed by atoms with van der Waals surface area (Å²) in [6.45, 7) is -0.140. The highest BCUT2D eigenvalue weighted by molar-refractivity contribution is 6.02. The average Bonchev–Trinajstić information content (AvgIpc) is 2.90. The van der Waals surface area contributed by atoms with Gasteiger partial charge in [0.1, 0.15) is 12.6 Å². The predicted molar refractivity (Wildman–Crippen MR) is 140 cm³/mol. The second kappa shape index (κ2) is 12.0. The summed E-state index contributed by atoms with van der Waals surface area (Å²) in [6, 6.07) is 25.4. The molecule has 0 spiro atoms. The first-order chi connectivity index (χ1) is 17.9. The number of benzene rings is 4. The van der Waals surface area contributed by atoms with E-state index >= 15 is 0 Å². The van der Waals surface area contributed by atoms with Gasteiger partial charge in [0.15, 0.2) is 0 Å². The lowest BCUT2D eigenvalue weighted by molar-refractivity contribution is -0.142. The highest BCUT2D eigenvalue weighted by Crippen LogP contribution is 2.29. The minimum absolute atomic E-state index is 0.0725. The van der Waals surface area contributed by atoms with Gasteiger partial charge < -0.3 is 25.6 Å². The molecule has 0 aromatic heterocycles. The largest absolute Gasteiger partial charge is 0.480 e. The number of hydrogen-bond donors (Lipinski definition) is 4. The third-order valence-electron chi connectivity index (χ3n) is 6.04. The molecule has 0 saturated carbocycles. The Balaban J connectivity index is 1.36. The molecule has 0 aliphatic heterocycles. The molecule has 8 heteroatoms. The summed E-state index contributed by atoms with van der Waals surface area (Å²) in [6.07, 6.45) is -2.24.